The van der Waals surface area contributed by atoms with E-state index in [9.17, 15) is 9.59 Å². The van der Waals surface area contributed by atoms with Gasteiger partial charge < -0.3 is 25.4 Å². The topological polar surface area (TPSA) is 93.9 Å². The molecule has 0 spiro atoms. The van der Waals surface area contributed by atoms with Gasteiger partial charge in [-0.3, -0.25) is 9.59 Å². The Kier molecular flexibility index (Phi) is 7.10. The standard InChI is InChI=1S/C33H31N3O4/c34-32(37)28-6-2-1-5-27(28)24-10-7-22(8-11-24)21-36-15-3-4-25-19-26(12-13-29(25)36)33(38)35-20-23-9-14-30-31(18-23)40-17-16-39-30/h1-2,5-14,18-19H,3-4,15-17,20-21H2,(H2,34,37)(H,35,38). The molecule has 7 heteroatoms. The van der Waals surface area contributed by atoms with E-state index in [1.165, 1.54) is 11.1 Å². The molecule has 2 heterocycles. The van der Waals surface area contributed by atoms with Crippen molar-refractivity contribution in [3.8, 4) is 22.6 Å². The molecule has 6 rings (SSSR count). The number of ether oxygens (including phenoxy) is 2. The molecule has 4 aromatic carbocycles. The summed E-state index contributed by atoms with van der Waals surface area (Å²) in [7, 11) is 0. The fourth-order valence-electron chi connectivity index (χ4n) is 5.42. The van der Waals surface area contributed by atoms with E-state index in [0.29, 0.717) is 30.9 Å². The highest BCUT2D eigenvalue weighted by atomic mass is 16.6. The second kappa shape index (κ2) is 11.1. The second-order valence-electron chi connectivity index (χ2n) is 10.1. The van der Waals surface area contributed by atoms with Gasteiger partial charge in [-0.15, -0.1) is 0 Å². The zero-order valence-electron chi connectivity index (χ0n) is 22.2. The first-order chi connectivity index (χ1) is 19.5. The molecule has 0 saturated carbocycles. The number of primary amides is 1. The lowest BCUT2D eigenvalue weighted by atomic mass is 9.97. The number of rotatable bonds is 7. The number of nitrogens with one attached hydrogen (secondary N) is 1. The van der Waals surface area contributed by atoms with E-state index in [0.717, 1.165) is 59.8 Å². The van der Waals surface area contributed by atoms with E-state index in [1.54, 1.807) is 6.07 Å². The monoisotopic (exact) mass is 533 g/mol. The summed E-state index contributed by atoms with van der Waals surface area (Å²) in [6.45, 7) is 3.22. The minimum absolute atomic E-state index is 0.0957. The summed E-state index contributed by atoms with van der Waals surface area (Å²) in [5.41, 5.74) is 13.0. The van der Waals surface area contributed by atoms with Crippen LogP contribution in [0, 0.1) is 0 Å². The summed E-state index contributed by atoms with van der Waals surface area (Å²) in [6, 6.07) is 27.4. The van der Waals surface area contributed by atoms with Crippen LogP contribution in [0.2, 0.25) is 0 Å². The molecule has 0 aliphatic carbocycles. The quantitative estimate of drug-likeness (QED) is 0.345. The van der Waals surface area contributed by atoms with Crippen LogP contribution in [0.1, 0.15) is 43.8 Å². The first-order valence-electron chi connectivity index (χ1n) is 13.6. The Morgan fingerprint density at radius 3 is 2.45 bits per heavy atom. The number of benzene rings is 4. The lowest BCUT2D eigenvalue weighted by Gasteiger charge is -2.32. The molecule has 0 atom stereocenters. The number of aryl methyl sites for hydroxylation is 1. The van der Waals surface area contributed by atoms with Crippen LogP contribution < -0.4 is 25.4 Å². The minimum Gasteiger partial charge on any atom is -0.486 e. The first-order valence-corrected chi connectivity index (χ1v) is 13.6. The van der Waals surface area contributed by atoms with Crippen LogP contribution in [0.25, 0.3) is 11.1 Å². The summed E-state index contributed by atoms with van der Waals surface area (Å²) < 4.78 is 11.2. The Morgan fingerprint density at radius 1 is 0.850 bits per heavy atom. The predicted octanol–water partition coefficient (Wildman–Crippen LogP) is 5.11. The number of amides is 2. The van der Waals surface area contributed by atoms with Crippen LogP contribution in [0.5, 0.6) is 11.5 Å². The Morgan fingerprint density at radius 2 is 1.62 bits per heavy atom. The van der Waals surface area contributed by atoms with Crippen molar-refractivity contribution in [3.05, 3.63) is 113 Å². The third-order valence-corrected chi connectivity index (χ3v) is 7.45. The molecule has 0 saturated heterocycles. The highest BCUT2D eigenvalue weighted by molar-refractivity contribution is 5.99. The maximum absolute atomic E-state index is 13.0. The SMILES string of the molecule is NC(=O)c1ccccc1-c1ccc(CN2CCCc3cc(C(=O)NCc4ccc5c(c4)OCCO5)ccc32)cc1. The Hall–Kier alpha value is -4.78. The largest absolute Gasteiger partial charge is 0.486 e. The molecule has 3 N–H and O–H groups in total. The molecule has 0 radical (unpaired) electrons. The molecule has 0 fully saturated rings. The average molecular weight is 534 g/mol. The molecular weight excluding hydrogens is 502 g/mol. The van der Waals surface area contributed by atoms with Crippen LogP contribution in [-0.4, -0.2) is 31.6 Å². The van der Waals surface area contributed by atoms with Crippen molar-refractivity contribution in [1.29, 1.82) is 0 Å². The second-order valence-corrected chi connectivity index (χ2v) is 10.1. The van der Waals surface area contributed by atoms with Crippen LogP contribution in [0.15, 0.2) is 84.9 Å². The molecule has 2 aliphatic rings. The van der Waals surface area contributed by atoms with Gasteiger partial charge >= 0.3 is 0 Å². The van der Waals surface area contributed by atoms with Gasteiger partial charge in [-0.05, 0) is 77.1 Å². The van der Waals surface area contributed by atoms with Crippen molar-refractivity contribution in [2.45, 2.75) is 25.9 Å². The summed E-state index contributed by atoms with van der Waals surface area (Å²) >= 11 is 0. The third kappa shape index (κ3) is 5.36. The fourth-order valence-corrected chi connectivity index (χ4v) is 5.42. The molecule has 7 nitrogen and oxygen atoms in total. The summed E-state index contributed by atoms with van der Waals surface area (Å²) in [4.78, 5) is 27.2. The number of carbonyl (C=O) groups excluding carboxylic acids is 2. The van der Waals surface area contributed by atoms with E-state index in [4.69, 9.17) is 15.2 Å². The number of fused-ring (bicyclic) bond motifs is 2. The van der Waals surface area contributed by atoms with E-state index in [2.05, 4.69) is 28.4 Å². The van der Waals surface area contributed by atoms with Crippen molar-refractivity contribution >= 4 is 17.5 Å². The Bertz CT molecular complexity index is 1560. The number of nitrogens with zero attached hydrogens (tertiary/aromatic N) is 1. The van der Waals surface area contributed by atoms with Gasteiger partial charge in [0.2, 0.25) is 5.91 Å². The van der Waals surface area contributed by atoms with Crippen molar-refractivity contribution < 1.29 is 19.1 Å². The molecule has 2 amide bonds. The number of carbonyl (C=O) groups is 2. The van der Waals surface area contributed by atoms with Gasteiger partial charge in [0, 0.05) is 36.4 Å². The number of anilines is 1. The van der Waals surface area contributed by atoms with Gasteiger partial charge in [-0.1, -0.05) is 48.5 Å². The van der Waals surface area contributed by atoms with Crippen LogP contribution >= 0.6 is 0 Å². The highest BCUT2D eigenvalue weighted by Crippen LogP contribution is 2.32. The molecule has 40 heavy (non-hydrogen) atoms. The number of hydrogen-bond acceptors (Lipinski definition) is 5. The third-order valence-electron chi connectivity index (χ3n) is 7.45. The molecule has 202 valence electrons. The van der Waals surface area contributed by atoms with Crippen molar-refractivity contribution in [2.24, 2.45) is 5.73 Å². The van der Waals surface area contributed by atoms with Crippen LogP contribution in [0.4, 0.5) is 5.69 Å². The average Bonchev–Trinajstić information content (AvgIpc) is 3.00. The van der Waals surface area contributed by atoms with Crippen molar-refractivity contribution in [1.82, 2.24) is 5.32 Å². The Balaban J connectivity index is 1.12. The first kappa shape index (κ1) is 25.5. The van der Waals surface area contributed by atoms with E-state index in [-0.39, 0.29) is 5.91 Å². The zero-order valence-corrected chi connectivity index (χ0v) is 22.2. The maximum Gasteiger partial charge on any atom is 0.251 e. The van der Waals surface area contributed by atoms with Gasteiger partial charge in [0.1, 0.15) is 13.2 Å². The normalized spacial score (nSPS) is 13.8. The molecule has 0 unspecified atom stereocenters. The van der Waals surface area contributed by atoms with Crippen LogP contribution in [0.3, 0.4) is 0 Å². The number of hydrogen-bond donors (Lipinski definition) is 2. The van der Waals surface area contributed by atoms with Gasteiger partial charge in [0.05, 0.1) is 0 Å². The summed E-state index contributed by atoms with van der Waals surface area (Å²) in [5.74, 6) is 0.935. The molecule has 2 aliphatic heterocycles. The predicted molar refractivity (Wildman–Crippen MR) is 155 cm³/mol. The molecule has 0 bridgehead atoms. The van der Waals surface area contributed by atoms with Crippen molar-refractivity contribution in [2.75, 3.05) is 24.7 Å². The minimum atomic E-state index is -0.430. The molecule has 0 aromatic heterocycles. The van der Waals surface area contributed by atoms with Gasteiger partial charge in [0.15, 0.2) is 11.5 Å². The summed E-state index contributed by atoms with van der Waals surface area (Å²) in [5, 5.41) is 3.03. The lowest BCUT2D eigenvalue weighted by Crippen LogP contribution is -2.29. The van der Waals surface area contributed by atoms with Gasteiger partial charge in [-0.25, -0.2) is 0 Å². The van der Waals surface area contributed by atoms with Gasteiger partial charge in [-0.2, -0.15) is 0 Å². The van der Waals surface area contributed by atoms with E-state index >= 15 is 0 Å². The number of nitrogens with two attached hydrogens (primary N) is 1. The smallest absolute Gasteiger partial charge is 0.251 e. The molecular formula is C33H31N3O4. The molecule has 4 aromatic rings. The van der Waals surface area contributed by atoms with Gasteiger partial charge in [0.25, 0.3) is 5.91 Å². The van der Waals surface area contributed by atoms with Crippen molar-refractivity contribution in [3.63, 3.8) is 0 Å². The maximum atomic E-state index is 13.0. The summed E-state index contributed by atoms with van der Waals surface area (Å²) in [6.07, 6.45) is 1.97. The zero-order chi connectivity index (χ0) is 27.5. The highest BCUT2D eigenvalue weighted by Gasteiger charge is 2.20. The van der Waals surface area contributed by atoms with E-state index < -0.39 is 5.91 Å². The fraction of sp³-hybridized carbons (Fsp3) is 0.212. The lowest BCUT2D eigenvalue weighted by molar-refractivity contribution is 0.0949. The Labute approximate surface area is 233 Å². The van der Waals surface area contributed by atoms with Crippen LogP contribution in [-0.2, 0) is 19.5 Å². The van der Waals surface area contributed by atoms with E-state index in [1.807, 2.05) is 60.7 Å².